The first-order chi connectivity index (χ1) is 39.1. The van der Waals surface area contributed by atoms with Gasteiger partial charge in [0.05, 0.1) is 16.2 Å². The SMILES string of the molecule is CCNC(=O)C(C)(C)Nc1ncnc(-c2c[nH]c3ncc(Cl)cc23)n1.CC[C@@](C)(Nc1ncnc(-c2c[nH]c3ncc(Cl)cc23)n1)C(=O)NCC(F)(F)F.CC[C@@](C)(Nc1ncnc(-c2c[nH]c3ncc(F)cc23)n1)C(=O)NCC(F)(F)F.[HH].[HH].[HH].[HH].[HH].[HH].[HH].[HH]. The van der Waals surface area contributed by atoms with Crippen LogP contribution in [0.3, 0.4) is 0 Å². The maximum absolute atomic E-state index is 13.5. The second-order valence-electron chi connectivity index (χ2n) is 19.0. The molecule has 0 aliphatic carbocycles. The molecule has 83 heavy (non-hydrogen) atoms. The van der Waals surface area contributed by atoms with Crippen molar-refractivity contribution in [2.75, 3.05) is 35.6 Å². The fraction of sp³-hybridized carbons (Fsp3) is 0.340. The average Bonchev–Trinajstić information content (AvgIpc) is 1.86. The number of nitrogens with zero attached hydrogens (tertiary/aromatic N) is 12. The predicted octanol–water partition coefficient (Wildman–Crippen LogP) is 10.5. The molecule has 0 saturated heterocycles. The van der Waals surface area contributed by atoms with Crippen LogP contribution in [0.25, 0.3) is 67.3 Å². The highest BCUT2D eigenvalue weighted by Crippen LogP contribution is 2.31. The number of anilines is 3. The molecule has 0 unspecified atom stereocenters. The summed E-state index contributed by atoms with van der Waals surface area (Å²) in [5, 5.41) is 18.0. The second-order valence-corrected chi connectivity index (χ2v) is 19.9. The number of pyridine rings is 3. The van der Waals surface area contributed by atoms with Gasteiger partial charge in [0.2, 0.25) is 35.6 Å². The smallest absolute Gasteiger partial charge is 0.354 e. The lowest BCUT2D eigenvalue weighted by Gasteiger charge is -2.28. The third-order valence-electron chi connectivity index (χ3n) is 12.4. The largest absolute Gasteiger partial charge is 0.405 e. The Balaban J connectivity index is 0. The van der Waals surface area contributed by atoms with Crippen LogP contribution in [0, 0.1) is 5.82 Å². The van der Waals surface area contributed by atoms with Crippen LogP contribution in [0.15, 0.2) is 74.4 Å². The zero-order valence-electron chi connectivity index (χ0n) is 45.0. The van der Waals surface area contributed by atoms with E-state index in [0.29, 0.717) is 67.2 Å². The van der Waals surface area contributed by atoms with Gasteiger partial charge in [0.25, 0.3) is 0 Å². The van der Waals surface area contributed by atoms with Crippen molar-refractivity contribution in [1.29, 1.82) is 0 Å². The summed E-state index contributed by atoms with van der Waals surface area (Å²) in [6, 6.07) is 4.77. The summed E-state index contributed by atoms with van der Waals surface area (Å²) in [6.07, 6.45) is 4.25. The molecule has 9 heterocycles. The Morgan fingerprint density at radius 3 is 1.23 bits per heavy atom. The Bertz CT molecular complexity index is 3640. The highest BCUT2D eigenvalue weighted by Gasteiger charge is 2.37. The number of rotatable bonds is 17. The van der Waals surface area contributed by atoms with Crippen molar-refractivity contribution in [1.82, 2.24) is 90.7 Å². The Morgan fingerprint density at radius 2 is 0.867 bits per heavy atom. The van der Waals surface area contributed by atoms with Gasteiger partial charge in [-0.1, -0.05) is 37.0 Å². The van der Waals surface area contributed by atoms with Crippen LogP contribution in [0.4, 0.5) is 48.6 Å². The molecule has 9 aromatic rings. The van der Waals surface area contributed by atoms with Gasteiger partial charge >= 0.3 is 12.4 Å². The molecule has 9 aromatic heterocycles. The summed E-state index contributed by atoms with van der Waals surface area (Å²) in [4.78, 5) is 95.3. The summed E-state index contributed by atoms with van der Waals surface area (Å²) in [5.74, 6) is -1.08. The monoisotopic (exact) mass is 1210 g/mol. The van der Waals surface area contributed by atoms with Crippen molar-refractivity contribution >= 4 is 91.9 Å². The van der Waals surface area contributed by atoms with E-state index in [9.17, 15) is 45.1 Å². The normalized spacial score (nSPS) is 13.2. The molecule has 33 heteroatoms. The number of fused-ring (bicyclic) bond motifs is 3. The topological polar surface area (TPSA) is 325 Å². The van der Waals surface area contributed by atoms with Gasteiger partial charge in [-0.25, -0.2) is 49.2 Å². The molecule has 2 atom stereocenters. The number of alkyl halides is 6. The molecule has 0 aliphatic heterocycles. The Morgan fingerprint density at radius 1 is 0.506 bits per heavy atom. The van der Waals surface area contributed by atoms with Crippen LogP contribution in [-0.2, 0) is 14.4 Å². The van der Waals surface area contributed by atoms with Crippen molar-refractivity contribution in [3.8, 4) is 34.2 Å². The van der Waals surface area contributed by atoms with Gasteiger partial charge in [-0.3, -0.25) is 14.4 Å². The minimum atomic E-state index is -4.52. The fourth-order valence-electron chi connectivity index (χ4n) is 7.52. The second kappa shape index (κ2) is 25.4. The minimum absolute atomic E-state index is 0. The van der Waals surface area contributed by atoms with Gasteiger partial charge in [-0.15, -0.1) is 0 Å². The van der Waals surface area contributed by atoms with E-state index in [2.05, 4.69) is 96.0 Å². The first-order valence-corrected chi connectivity index (χ1v) is 25.7. The van der Waals surface area contributed by atoms with Crippen LogP contribution in [0.5, 0.6) is 0 Å². The van der Waals surface area contributed by atoms with Crippen molar-refractivity contribution < 1.29 is 56.5 Å². The lowest BCUT2D eigenvalue weighted by Crippen LogP contribution is -2.52. The minimum Gasteiger partial charge on any atom is -0.354 e. The van der Waals surface area contributed by atoms with Crippen LogP contribution in [-0.4, -0.2) is 141 Å². The Labute approximate surface area is 488 Å². The van der Waals surface area contributed by atoms with Crippen molar-refractivity contribution in [2.45, 2.75) is 90.3 Å². The van der Waals surface area contributed by atoms with Gasteiger partial charge in [-0.05, 0) is 65.7 Å². The lowest BCUT2D eigenvalue weighted by molar-refractivity contribution is -0.140. The van der Waals surface area contributed by atoms with Crippen LogP contribution in [0.1, 0.15) is 72.7 Å². The highest BCUT2D eigenvalue weighted by atomic mass is 35.5. The third-order valence-corrected chi connectivity index (χ3v) is 12.8. The molecule has 24 nitrogen and oxygen atoms in total. The van der Waals surface area contributed by atoms with E-state index >= 15 is 0 Å². The number of carbonyl (C=O) groups excluding carboxylic acids is 3. The number of carbonyl (C=O) groups is 3. The third kappa shape index (κ3) is 15.7. The Kier molecular flexibility index (Phi) is 18.9. The van der Waals surface area contributed by atoms with E-state index in [1.807, 2.05) is 17.6 Å². The van der Waals surface area contributed by atoms with Gasteiger partial charge in [0, 0.05) is 81.8 Å². The molecule has 454 valence electrons. The van der Waals surface area contributed by atoms with Gasteiger partial charge < -0.3 is 46.9 Å². The molecule has 3 amide bonds. The first kappa shape index (κ1) is 61.6. The lowest BCUT2D eigenvalue weighted by atomic mass is 9.98. The first-order valence-electron chi connectivity index (χ1n) is 24.9. The van der Waals surface area contributed by atoms with Crippen molar-refractivity contribution in [3.63, 3.8) is 0 Å². The molecule has 9 N–H and O–H groups in total. The molecule has 0 aliphatic rings. The van der Waals surface area contributed by atoms with Crippen molar-refractivity contribution in [3.05, 3.63) is 90.2 Å². The predicted molar refractivity (Wildman–Crippen MR) is 311 cm³/mol. The maximum Gasteiger partial charge on any atom is 0.405 e. The van der Waals surface area contributed by atoms with Crippen LogP contribution >= 0.6 is 23.2 Å². The highest BCUT2D eigenvalue weighted by molar-refractivity contribution is 6.31. The van der Waals surface area contributed by atoms with Crippen LogP contribution < -0.4 is 31.9 Å². The molecule has 0 bridgehead atoms. The van der Waals surface area contributed by atoms with Gasteiger partial charge in [-0.2, -0.15) is 41.3 Å². The number of H-pyrrole nitrogens is 3. The number of likely N-dealkylation sites (N-methyl/N-ethyl adjacent to an activating group) is 1. The average molecular weight is 1220 g/mol. The van der Waals surface area contributed by atoms with Gasteiger partial charge in [0.1, 0.15) is 71.4 Å². The zero-order chi connectivity index (χ0) is 60.5. The summed E-state index contributed by atoms with van der Waals surface area (Å²) in [6.45, 7) is 9.28. The number of halogens is 9. The molecule has 0 radical (unpaired) electrons. The molecule has 0 fully saturated rings. The van der Waals surface area contributed by atoms with E-state index in [4.69, 9.17) is 23.2 Å². The molecule has 0 saturated carbocycles. The molecule has 0 aromatic carbocycles. The summed E-state index contributed by atoms with van der Waals surface area (Å²) in [7, 11) is 0. The number of aromatic nitrogens is 15. The number of aromatic amines is 3. The van der Waals surface area contributed by atoms with Crippen LogP contribution in [0.2, 0.25) is 10.0 Å². The molecule has 0 spiro atoms. The standard InChI is InChI=1S/C17H17ClF3N7O.C17H17F4N7O.C16H18ClN7O.8H2/c2*1-3-16(2,14(29)24-7-17(19,20)21)28-15-26-8-25-13(27-15)11-6-23-12-10(11)4-9(18)5-22-12;1-4-18-14(25)16(2,3)24-15-22-8-21-13(23-15)11-7-20-12-10(11)5-9(17)6-19-12;;;;;;;;/h2*4-6,8H,3,7H2,1-2H3,(H,22,23)(H,24,29)(H,25,26,27,28);5-8H,4H2,1-3H3,(H,18,25)(H,19,20)(H,21,22,23,24);8*1H/t2*16-;;;;;;;;;/m11........./s1. The zero-order valence-corrected chi connectivity index (χ0v) is 46.5. The quantitative estimate of drug-likeness (QED) is 0.0383. The van der Waals surface area contributed by atoms with Crippen molar-refractivity contribution in [2.24, 2.45) is 0 Å². The summed E-state index contributed by atoms with van der Waals surface area (Å²) >= 11 is 12.0. The Hall–Kier alpha value is -9.00. The summed E-state index contributed by atoms with van der Waals surface area (Å²) in [5.41, 5.74) is -0.0713. The molecular formula is C50H68Cl2F7N21O3. The number of hydrogen-bond donors (Lipinski definition) is 9. The number of amides is 3. The fourth-order valence-corrected chi connectivity index (χ4v) is 7.84. The van der Waals surface area contributed by atoms with E-state index in [0.717, 1.165) is 17.1 Å². The summed E-state index contributed by atoms with van der Waals surface area (Å²) < 4.78 is 88.0. The molecular weight excluding hydrogens is 1150 g/mol. The maximum atomic E-state index is 13.5. The number of hydrogen-bond acceptors (Lipinski definition) is 18. The van der Waals surface area contributed by atoms with E-state index < -0.39 is 59.7 Å². The van der Waals surface area contributed by atoms with Gasteiger partial charge in [0.15, 0.2) is 17.5 Å². The van der Waals surface area contributed by atoms with E-state index in [1.165, 1.54) is 45.1 Å². The van der Waals surface area contributed by atoms with E-state index in [1.54, 1.807) is 64.6 Å². The molecule has 9 rings (SSSR count). The van der Waals surface area contributed by atoms with E-state index in [-0.39, 0.29) is 53.7 Å². The number of nitrogens with one attached hydrogen (secondary N) is 9.